The average molecular weight is 362 g/mol. The first-order valence-corrected chi connectivity index (χ1v) is 8.81. The van der Waals surface area contributed by atoms with Gasteiger partial charge in [0.25, 0.3) is 11.8 Å². The molecule has 0 unspecified atom stereocenters. The Hall–Kier alpha value is -3.41. The Morgan fingerprint density at radius 3 is 2.48 bits per heavy atom. The molecule has 3 rings (SSSR count). The summed E-state index contributed by atoms with van der Waals surface area (Å²) in [6.07, 6.45) is 2.40. The standard InChI is InChI=1S/C21H22N4O2/c1-3-16-18(20(22)26)14(2)23-19(16)21(27)24-17-11-7-8-12-25(17)13-15-9-5-4-6-10-15/h4-12,23H,3,13H2,1-2H3,(H2,22,26). The molecule has 0 aliphatic heterocycles. The predicted octanol–water partition coefficient (Wildman–Crippen LogP) is 2.58. The van der Waals surface area contributed by atoms with Gasteiger partial charge in [0.2, 0.25) is 0 Å². The fraction of sp³-hybridized carbons (Fsp3) is 0.190. The molecule has 6 nitrogen and oxygen atoms in total. The number of amides is 2. The van der Waals surface area contributed by atoms with Crippen molar-refractivity contribution in [3.05, 3.63) is 88.3 Å². The summed E-state index contributed by atoms with van der Waals surface area (Å²) in [5.41, 5.74) is 9.01. The topological polar surface area (TPSA) is 93.2 Å². The summed E-state index contributed by atoms with van der Waals surface area (Å²) in [6, 6.07) is 15.5. The number of hydrogen-bond donors (Lipinski definition) is 2. The van der Waals surface area contributed by atoms with Gasteiger partial charge in [-0.1, -0.05) is 43.3 Å². The number of H-pyrrole nitrogens is 1. The normalized spacial score (nSPS) is 11.6. The maximum atomic E-state index is 12.8. The van der Waals surface area contributed by atoms with E-state index in [2.05, 4.69) is 9.98 Å². The molecule has 0 saturated heterocycles. The Labute approximate surface area is 157 Å². The molecule has 0 spiro atoms. The first-order valence-electron chi connectivity index (χ1n) is 8.81. The quantitative estimate of drug-likeness (QED) is 0.730. The predicted molar refractivity (Wildman–Crippen MR) is 103 cm³/mol. The summed E-state index contributed by atoms with van der Waals surface area (Å²) in [5.74, 6) is -0.964. The monoisotopic (exact) mass is 362 g/mol. The molecule has 2 amide bonds. The molecule has 1 aromatic carbocycles. The highest BCUT2D eigenvalue weighted by atomic mass is 16.2. The molecule has 0 bridgehead atoms. The second-order valence-electron chi connectivity index (χ2n) is 6.29. The SMILES string of the molecule is CCc1c(C(=O)N=c2ccccn2Cc2ccccc2)[nH]c(C)c1C(N)=O. The van der Waals surface area contributed by atoms with E-state index >= 15 is 0 Å². The molecular weight excluding hydrogens is 340 g/mol. The van der Waals surface area contributed by atoms with Gasteiger partial charge in [0, 0.05) is 18.4 Å². The number of aryl methyl sites for hydroxylation is 1. The Balaban J connectivity index is 2.02. The lowest BCUT2D eigenvalue weighted by molar-refractivity contribution is 0.0990. The maximum Gasteiger partial charge on any atom is 0.295 e. The maximum absolute atomic E-state index is 12.8. The van der Waals surface area contributed by atoms with E-state index in [0.29, 0.717) is 41.0 Å². The van der Waals surface area contributed by atoms with Crippen molar-refractivity contribution < 1.29 is 9.59 Å². The lowest BCUT2D eigenvalue weighted by Crippen LogP contribution is -2.22. The van der Waals surface area contributed by atoms with E-state index in [1.54, 1.807) is 13.0 Å². The Morgan fingerprint density at radius 1 is 1.11 bits per heavy atom. The van der Waals surface area contributed by atoms with E-state index in [1.165, 1.54) is 0 Å². The molecule has 3 aromatic rings. The van der Waals surface area contributed by atoms with Gasteiger partial charge in [-0.15, -0.1) is 0 Å². The van der Waals surface area contributed by atoms with Crippen LogP contribution in [0.25, 0.3) is 0 Å². The minimum atomic E-state index is -0.543. The van der Waals surface area contributed by atoms with E-state index in [0.717, 1.165) is 5.56 Å². The van der Waals surface area contributed by atoms with Gasteiger partial charge in [0.15, 0.2) is 0 Å². The van der Waals surface area contributed by atoms with Crippen LogP contribution in [0.2, 0.25) is 0 Å². The average Bonchev–Trinajstić information content (AvgIpc) is 3.01. The molecule has 138 valence electrons. The molecule has 2 aromatic heterocycles. The number of carbonyl (C=O) groups excluding carboxylic acids is 2. The number of primary amides is 1. The van der Waals surface area contributed by atoms with Crippen molar-refractivity contribution in [2.45, 2.75) is 26.8 Å². The minimum Gasteiger partial charge on any atom is -0.366 e. The first kappa shape index (κ1) is 18.4. The summed E-state index contributed by atoms with van der Waals surface area (Å²) in [4.78, 5) is 31.8. The zero-order valence-corrected chi connectivity index (χ0v) is 15.4. The Bertz CT molecular complexity index is 1050. The number of nitrogens with zero attached hydrogens (tertiary/aromatic N) is 2. The van der Waals surface area contributed by atoms with Crippen molar-refractivity contribution in [3.63, 3.8) is 0 Å². The Kier molecular flexibility index (Phi) is 5.35. The van der Waals surface area contributed by atoms with E-state index in [1.807, 2.05) is 60.2 Å². The number of nitrogens with two attached hydrogens (primary N) is 1. The summed E-state index contributed by atoms with van der Waals surface area (Å²) in [6.45, 7) is 4.21. The van der Waals surface area contributed by atoms with Crippen LogP contribution in [-0.2, 0) is 13.0 Å². The third kappa shape index (κ3) is 3.89. The Morgan fingerprint density at radius 2 is 1.81 bits per heavy atom. The number of benzene rings is 1. The zero-order chi connectivity index (χ0) is 19.4. The van der Waals surface area contributed by atoms with E-state index in [9.17, 15) is 9.59 Å². The van der Waals surface area contributed by atoms with Crippen molar-refractivity contribution >= 4 is 11.8 Å². The molecule has 6 heteroatoms. The van der Waals surface area contributed by atoms with Gasteiger partial charge in [0.05, 0.1) is 5.56 Å². The van der Waals surface area contributed by atoms with E-state index < -0.39 is 11.8 Å². The minimum absolute atomic E-state index is 0.318. The third-order valence-electron chi connectivity index (χ3n) is 4.43. The van der Waals surface area contributed by atoms with Gasteiger partial charge in [-0.25, -0.2) is 0 Å². The number of rotatable bonds is 5. The first-order chi connectivity index (χ1) is 13.0. The van der Waals surface area contributed by atoms with Crippen molar-refractivity contribution in [2.24, 2.45) is 10.7 Å². The number of aromatic nitrogens is 2. The molecule has 27 heavy (non-hydrogen) atoms. The van der Waals surface area contributed by atoms with Crippen molar-refractivity contribution in [2.75, 3.05) is 0 Å². The van der Waals surface area contributed by atoms with Gasteiger partial charge in [-0.3, -0.25) is 9.59 Å². The molecule has 0 fully saturated rings. The molecule has 0 radical (unpaired) electrons. The van der Waals surface area contributed by atoms with Crippen LogP contribution in [0.4, 0.5) is 0 Å². The lowest BCUT2D eigenvalue weighted by atomic mass is 10.1. The van der Waals surface area contributed by atoms with Crippen LogP contribution in [0.5, 0.6) is 0 Å². The molecule has 3 N–H and O–H groups in total. The number of hydrogen-bond acceptors (Lipinski definition) is 2. The van der Waals surface area contributed by atoms with Gasteiger partial charge in [-0.05, 0) is 36.6 Å². The molecule has 2 heterocycles. The number of nitrogens with one attached hydrogen (secondary N) is 1. The third-order valence-corrected chi connectivity index (χ3v) is 4.43. The lowest BCUT2D eigenvalue weighted by Gasteiger charge is -2.07. The van der Waals surface area contributed by atoms with Gasteiger partial charge < -0.3 is 15.3 Å². The summed E-state index contributed by atoms with van der Waals surface area (Å²) < 4.78 is 1.91. The highest BCUT2D eigenvalue weighted by Gasteiger charge is 2.21. The second-order valence-corrected chi connectivity index (χ2v) is 6.29. The van der Waals surface area contributed by atoms with Crippen molar-refractivity contribution in [1.82, 2.24) is 9.55 Å². The van der Waals surface area contributed by atoms with Crippen molar-refractivity contribution in [3.8, 4) is 0 Å². The van der Waals surface area contributed by atoms with Crippen LogP contribution in [0, 0.1) is 6.92 Å². The summed E-state index contributed by atoms with van der Waals surface area (Å²) in [5, 5.41) is 0. The fourth-order valence-corrected chi connectivity index (χ4v) is 3.19. The van der Waals surface area contributed by atoms with Crippen molar-refractivity contribution in [1.29, 1.82) is 0 Å². The largest absolute Gasteiger partial charge is 0.366 e. The number of aromatic amines is 1. The molecular formula is C21H22N4O2. The fourth-order valence-electron chi connectivity index (χ4n) is 3.19. The van der Waals surface area contributed by atoms with Crippen LogP contribution >= 0.6 is 0 Å². The van der Waals surface area contributed by atoms with Crippen LogP contribution in [0.3, 0.4) is 0 Å². The highest BCUT2D eigenvalue weighted by Crippen LogP contribution is 2.19. The van der Waals surface area contributed by atoms with Gasteiger partial charge in [0.1, 0.15) is 11.2 Å². The summed E-state index contributed by atoms with van der Waals surface area (Å²) in [7, 11) is 0. The van der Waals surface area contributed by atoms with Gasteiger partial charge in [-0.2, -0.15) is 4.99 Å². The second kappa shape index (κ2) is 7.86. The van der Waals surface area contributed by atoms with E-state index in [-0.39, 0.29) is 0 Å². The highest BCUT2D eigenvalue weighted by molar-refractivity contribution is 6.02. The van der Waals surface area contributed by atoms with Crippen LogP contribution in [0.1, 0.15) is 44.6 Å². The van der Waals surface area contributed by atoms with Gasteiger partial charge >= 0.3 is 0 Å². The van der Waals surface area contributed by atoms with E-state index in [4.69, 9.17) is 5.73 Å². The smallest absolute Gasteiger partial charge is 0.295 e. The number of pyridine rings is 1. The van der Waals surface area contributed by atoms with Crippen LogP contribution in [-0.4, -0.2) is 21.4 Å². The molecule has 0 saturated carbocycles. The van der Waals surface area contributed by atoms with Crippen LogP contribution < -0.4 is 11.2 Å². The van der Waals surface area contributed by atoms with Crippen LogP contribution in [0.15, 0.2) is 59.7 Å². The molecule has 0 aliphatic rings. The number of carbonyl (C=O) groups is 2. The summed E-state index contributed by atoms with van der Waals surface area (Å²) >= 11 is 0. The molecule has 0 atom stereocenters. The zero-order valence-electron chi connectivity index (χ0n) is 15.4. The molecule has 0 aliphatic carbocycles.